The van der Waals surface area contributed by atoms with E-state index >= 15 is 0 Å². The van der Waals surface area contributed by atoms with Crippen LogP contribution in [0.25, 0.3) is 11.0 Å². The number of benzene rings is 1. The molecule has 1 aliphatic carbocycles. The van der Waals surface area contributed by atoms with Crippen molar-refractivity contribution in [2.24, 2.45) is 5.73 Å². The van der Waals surface area contributed by atoms with E-state index in [1.165, 1.54) is 24.8 Å². The Bertz CT molecular complexity index is 555. The molecule has 2 nitrogen and oxygen atoms in total. The first-order valence-electron chi connectivity index (χ1n) is 6.63. The Morgan fingerprint density at radius 1 is 1.17 bits per heavy atom. The summed E-state index contributed by atoms with van der Waals surface area (Å²) in [7, 11) is 0. The van der Waals surface area contributed by atoms with Crippen LogP contribution in [0, 0.1) is 0 Å². The van der Waals surface area contributed by atoms with Crippen molar-refractivity contribution in [1.29, 1.82) is 0 Å². The predicted molar refractivity (Wildman–Crippen MR) is 75.0 cm³/mol. The first-order valence-corrected chi connectivity index (χ1v) is 7.01. The lowest BCUT2D eigenvalue weighted by molar-refractivity contribution is 0.303. The van der Waals surface area contributed by atoms with Gasteiger partial charge in [-0.3, -0.25) is 0 Å². The third-order valence-corrected chi connectivity index (χ3v) is 4.63. The molecule has 2 N–H and O–H groups in total. The number of furan rings is 1. The van der Waals surface area contributed by atoms with Crippen molar-refractivity contribution in [2.75, 3.05) is 6.54 Å². The Balaban J connectivity index is 2.22. The normalized spacial score (nSPS) is 19.2. The first-order chi connectivity index (χ1) is 8.77. The lowest BCUT2D eigenvalue weighted by Gasteiger charge is -2.37. The summed E-state index contributed by atoms with van der Waals surface area (Å²) in [6, 6.07) is 5.89. The molecule has 1 aliphatic rings. The molecule has 0 aliphatic heterocycles. The van der Waals surface area contributed by atoms with Crippen LogP contribution in [0.3, 0.4) is 0 Å². The van der Waals surface area contributed by atoms with Gasteiger partial charge in [-0.25, -0.2) is 0 Å². The van der Waals surface area contributed by atoms with Gasteiger partial charge in [0.05, 0.1) is 6.26 Å². The summed E-state index contributed by atoms with van der Waals surface area (Å²) < 4.78 is 5.49. The minimum Gasteiger partial charge on any atom is -0.464 e. The number of hydrogen-bond donors (Lipinski definition) is 1. The van der Waals surface area contributed by atoms with E-state index in [-0.39, 0.29) is 5.41 Å². The van der Waals surface area contributed by atoms with Gasteiger partial charge in [0.2, 0.25) is 0 Å². The molecular weight excluding hydrogens is 246 g/mol. The van der Waals surface area contributed by atoms with Gasteiger partial charge in [-0.2, -0.15) is 0 Å². The fourth-order valence-corrected chi connectivity index (χ4v) is 3.71. The van der Waals surface area contributed by atoms with Gasteiger partial charge in [0.15, 0.2) is 0 Å². The minimum absolute atomic E-state index is 0.0404. The van der Waals surface area contributed by atoms with Gasteiger partial charge in [0.25, 0.3) is 0 Å². The topological polar surface area (TPSA) is 39.2 Å². The highest BCUT2D eigenvalue weighted by atomic mass is 35.5. The van der Waals surface area contributed by atoms with Crippen molar-refractivity contribution < 1.29 is 4.42 Å². The molecule has 1 aromatic heterocycles. The smallest absolute Gasteiger partial charge is 0.134 e. The number of rotatable bonds is 2. The number of hydrogen-bond acceptors (Lipinski definition) is 2. The molecule has 0 amide bonds. The maximum Gasteiger partial charge on any atom is 0.134 e. The van der Waals surface area contributed by atoms with Crippen molar-refractivity contribution in [1.82, 2.24) is 0 Å². The molecule has 2 aromatic rings. The fourth-order valence-electron chi connectivity index (χ4n) is 3.34. The van der Waals surface area contributed by atoms with Gasteiger partial charge in [-0.1, -0.05) is 30.9 Å². The Labute approximate surface area is 112 Å². The molecule has 0 bridgehead atoms. The zero-order valence-corrected chi connectivity index (χ0v) is 11.2. The molecule has 1 saturated carbocycles. The quantitative estimate of drug-likeness (QED) is 0.880. The Hall–Kier alpha value is -0.990. The zero-order valence-electron chi connectivity index (χ0n) is 10.4. The maximum atomic E-state index is 6.46. The van der Waals surface area contributed by atoms with Crippen LogP contribution in [0.15, 0.2) is 28.9 Å². The van der Waals surface area contributed by atoms with Crippen LogP contribution in [0.4, 0.5) is 0 Å². The third-order valence-electron chi connectivity index (χ3n) is 4.32. The predicted octanol–water partition coefficient (Wildman–Crippen LogP) is 4.25. The summed E-state index contributed by atoms with van der Waals surface area (Å²) in [6.07, 6.45) is 7.78. The van der Waals surface area contributed by atoms with Crippen molar-refractivity contribution >= 4 is 22.6 Å². The van der Waals surface area contributed by atoms with Crippen molar-refractivity contribution in [3.8, 4) is 0 Å². The van der Waals surface area contributed by atoms with Gasteiger partial charge in [-0.05, 0) is 36.6 Å². The van der Waals surface area contributed by atoms with Crippen LogP contribution < -0.4 is 5.73 Å². The first kappa shape index (κ1) is 12.1. The molecule has 3 heteroatoms. The Kier molecular flexibility index (Phi) is 3.08. The standard InChI is InChI=1S/C15H18ClNO/c16-12-4-5-13-11(6-9-18-13)14(12)15(10-17)7-2-1-3-8-15/h4-6,9H,1-3,7-8,10,17H2. The molecule has 0 unspecified atom stereocenters. The molecule has 0 radical (unpaired) electrons. The van der Waals surface area contributed by atoms with E-state index in [1.807, 2.05) is 18.2 Å². The van der Waals surface area contributed by atoms with Gasteiger partial charge >= 0.3 is 0 Å². The number of nitrogens with two attached hydrogens (primary N) is 1. The second-order valence-corrected chi connectivity index (χ2v) is 5.71. The van der Waals surface area contributed by atoms with Crippen LogP contribution >= 0.6 is 11.6 Å². The van der Waals surface area contributed by atoms with Gasteiger partial charge in [0, 0.05) is 22.4 Å². The summed E-state index contributed by atoms with van der Waals surface area (Å²) in [6.45, 7) is 0.664. The van der Waals surface area contributed by atoms with Crippen molar-refractivity contribution in [3.63, 3.8) is 0 Å². The van der Waals surface area contributed by atoms with E-state index in [4.69, 9.17) is 21.8 Å². The van der Waals surface area contributed by atoms with Crippen molar-refractivity contribution in [2.45, 2.75) is 37.5 Å². The van der Waals surface area contributed by atoms with E-state index in [0.29, 0.717) is 6.54 Å². The summed E-state index contributed by atoms with van der Waals surface area (Å²) >= 11 is 6.46. The second kappa shape index (κ2) is 4.60. The maximum absolute atomic E-state index is 6.46. The monoisotopic (exact) mass is 263 g/mol. The van der Waals surface area contributed by atoms with Crippen LogP contribution in [-0.2, 0) is 5.41 Å². The highest BCUT2D eigenvalue weighted by molar-refractivity contribution is 6.32. The molecule has 96 valence electrons. The second-order valence-electron chi connectivity index (χ2n) is 5.30. The fraction of sp³-hybridized carbons (Fsp3) is 0.467. The molecule has 1 heterocycles. The van der Waals surface area contributed by atoms with E-state index < -0.39 is 0 Å². The van der Waals surface area contributed by atoms with E-state index in [0.717, 1.165) is 28.8 Å². The third kappa shape index (κ3) is 1.75. The highest BCUT2D eigenvalue weighted by Crippen LogP contribution is 2.44. The Morgan fingerprint density at radius 3 is 2.67 bits per heavy atom. The minimum atomic E-state index is 0.0404. The van der Waals surface area contributed by atoms with E-state index in [9.17, 15) is 0 Å². The average molecular weight is 264 g/mol. The van der Waals surface area contributed by atoms with E-state index in [1.54, 1.807) is 6.26 Å². The average Bonchev–Trinajstić information content (AvgIpc) is 2.87. The van der Waals surface area contributed by atoms with Crippen LogP contribution in [0.2, 0.25) is 5.02 Å². The van der Waals surface area contributed by atoms with Crippen LogP contribution in [-0.4, -0.2) is 6.54 Å². The largest absolute Gasteiger partial charge is 0.464 e. The molecule has 0 saturated heterocycles. The van der Waals surface area contributed by atoms with Crippen LogP contribution in [0.5, 0.6) is 0 Å². The van der Waals surface area contributed by atoms with E-state index in [2.05, 4.69) is 0 Å². The molecular formula is C15H18ClNO. The lowest BCUT2D eigenvalue weighted by atomic mass is 9.68. The van der Waals surface area contributed by atoms with Gasteiger partial charge in [-0.15, -0.1) is 0 Å². The summed E-state index contributed by atoms with van der Waals surface area (Å²) in [5, 5.41) is 1.96. The summed E-state index contributed by atoms with van der Waals surface area (Å²) in [5.41, 5.74) is 8.27. The molecule has 0 spiro atoms. The molecule has 0 atom stereocenters. The lowest BCUT2D eigenvalue weighted by Crippen LogP contribution is -2.37. The van der Waals surface area contributed by atoms with Crippen LogP contribution in [0.1, 0.15) is 37.7 Å². The molecule has 1 aromatic carbocycles. The molecule has 18 heavy (non-hydrogen) atoms. The number of halogens is 1. The zero-order chi connectivity index (χ0) is 12.6. The molecule has 1 fully saturated rings. The summed E-state index contributed by atoms with van der Waals surface area (Å²) in [5.74, 6) is 0. The van der Waals surface area contributed by atoms with Crippen molar-refractivity contribution in [3.05, 3.63) is 35.0 Å². The molecule has 3 rings (SSSR count). The Morgan fingerprint density at radius 2 is 1.94 bits per heavy atom. The summed E-state index contributed by atoms with van der Waals surface area (Å²) in [4.78, 5) is 0. The van der Waals surface area contributed by atoms with Gasteiger partial charge < -0.3 is 10.2 Å². The SMILES string of the molecule is NCC1(c2c(Cl)ccc3occc23)CCCCC1. The number of fused-ring (bicyclic) bond motifs is 1. The van der Waals surface area contributed by atoms with Gasteiger partial charge in [0.1, 0.15) is 5.58 Å². The highest BCUT2D eigenvalue weighted by Gasteiger charge is 2.35.